The normalized spacial score (nSPS) is 13.7. The fourth-order valence-corrected chi connectivity index (χ4v) is 5.19. The highest BCUT2D eigenvalue weighted by molar-refractivity contribution is 6.32. The molecule has 0 atom stereocenters. The maximum Gasteiger partial charge on any atom is 0.134 e. The van der Waals surface area contributed by atoms with E-state index in [1.165, 1.54) is 11.1 Å². The van der Waals surface area contributed by atoms with Crippen molar-refractivity contribution in [1.82, 2.24) is 0 Å². The molecule has 0 saturated carbocycles. The van der Waals surface area contributed by atoms with Crippen LogP contribution in [0.1, 0.15) is 33.4 Å². The van der Waals surface area contributed by atoms with Crippen molar-refractivity contribution < 1.29 is 10.2 Å². The quantitative estimate of drug-likeness (QED) is 0.296. The third-order valence-electron chi connectivity index (χ3n) is 6.21. The van der Waals surface area contributed by atoms with Gasteiger partial charge in [-0.25, -0.2) is 0 Å². The van der Waals surface area contributed by atoms with Gasteiger partial charge in [0.25, 0.3) is 0 Å². The van der Waals surface area contributed by atoms with Crippen LogP contribution in [0.5, 0.6) is 11.5 Å². The van der Waals surface area contributed by atoms with Crippen molar-refractivity contribution in [3.05, 3.63) is 116 Å². The number of fused-ring (bicyclic) bond motifs is 3. The van der Waals surface area contributed by atoms with E-state index in [9.17, 15) is 10.2 Å². The summed E-state index contributed by atoms with van der Waals surface area (Å²) in [6, 6.07) is 23.6. The van der Waals surface area contributed by atoms with Crippen LogP contribution in [0.2, 0.25) is 10.0 Å². The van der Waals surface area contributed by atoms with Crippen LogP contribution in [0, 0.1) is 13.8 Å². The Kier molecular flexibility index (Phi) is 4.55. The summed E-state index contributed by atoms with van der Waals surface area (Å²) >= 11 is 12.8. The summed E-state index contributed by atoms with van der Waals surface area (Å²) < 4.78 is 0. The van der Waals surface area contributed by atoms with E-state index in [1.54, 1.807) is 12.1 Å². The van der Waals surface area contributed by atoms with Gasteiger partial charge in [0.05, 0.1) is 15.5 Å². The number of rotatable bonds is 2. The van der Waals surface area contributed by atoms with Gasteiger partial charge in [0.2, 0.25) is 0 Å². The average Bonchev–Trinajstić information content (AvgIpc) is 3.02. The van der Waals surface area contributed by atoms with Gasteiger partial charge in [-0.1, -0.05) is 82.9 Å². The Hall–Kier alpha value is -2.94. The molecule has 0 spiro atoms. The van der Waals surface area contributed by atoms with Crippen LogP contribution < -0.4 is 0 Å². The van der Waals surface area contributed by atoms with Gasteiger partial charge in [-0.3, -0.25) is 0 Å². The Balaban J connectivity index is 1.98. The second-order valence-electron chi connectivity index (χ2n) is 8.18. The number of benzene rings is 4. The first-order chi connectivity index (χ1) is 14.8. The van der Waals surface area contributed by atoms with Crippen molar-refractivity contribution in [3.63, 3.8) is 0 Å². The third kappa shape index (κ3) is 2.86. The van der Waals surface area contributed by atoms with E-state index in [0.717, 1.165) is 33.4 Å². The fraction of sp³-hybridized carbons (Fsp3) is 0.111. The molecule has 4 aromatic carbocycles. The summed E-state index contributed by atoms with van der Waals surface area (Å²) in [5, 5.41) is 20.8. The predicted molar refractivity (Wildman–Crippen MR) is 127 cm³/mol. The van der Waals surface area contributed by atoms with Crippen LogP contribution in [-0.4, -0.2) is 10.2 Å². The molecule has 4 aromatic rings. The number of phenolic OH excluding ortho intramolecular Hbond substituents is 2. The first kappa shape index (κ1) is 20.0. The van der Waals surface area contributed by atoms with E-state index in [0.29, 0.717) is 0 Å². The molecule has 1 aliphatic rings. The minimum Gasteiger partial charge on any atom is -0.506 e. The molecular formula is C27H20Cl2O2. The molecule has 0 fully saturated rings. The summed E-state index contributed by atoms with van der Waals surface area (Å²) in [5.41, 5.74) is 8.04. The maximum absolute atomic E-state index is 10.1. The van der Waals surface area contributed by atoms with Gasteiger partial charge in [0.1, 0.15) is 11.5 Å². The Morgan fingerprint density at radius 1 is 0.581 bits per heavy atom. The average molecular weight is 447 g/mol. The molecule has 31 heavy (non-hydrogen) atoms. The van der Waals surface area contributed by atoms with Gasteiger partial charge in [0.15, 0.2) is 0 Å². The van der Waals surface area contributed by atoms with E-state index < -0.39 is 5.41 Å². The predicted octanol–water partition coefficient (Wildman–Crippen LogP) is 7.38. The Morgan fingerprint density at radius 2 is 1.00 bits per heavy atom. The van der Waals surface area contributed by atoms with E-state index in [2.05, 4.69) is 50.2 Å². The third-order valence-corrected chi connectivity index (χ3v) is 6.82. The largest absolute Gasteiger partial charge is 0.506 e. The Morgan fingerprint density at radius 3 is 1.39 bits per heavy atom. The smallest absolute Gasteiger partial charge is 0.134 e. The van der Waals surface area contributed by atoms with E-state index in [4.69, 9.17) is 23.2 Å². The van der Waals surface area contributed by atoms with Crippen LogP contribution in [0.3, 0.4) is 0 Å². The maximum atomic E-state index is 10.1. The molecule has 5 rings (SSSR count). The first-order valence-corrected chi connectivity index (χ1v) is 10.8. The topological polar surface area (TPSA) is 40.5 Å². The molecular weight excluding hydrogens is 427 g/mol. The lowest BCUT2D eigenvalue weighted by Gasteiger charge is -2.34. The SMILES string of the molecule is Cc1ccc2c(c1)-c1cc(C)ccc1C2(c1ccc(O)c(Cl)c1)c1ccc(O)c(Cl)c1. The minimum absolute atomic E-state index is 0.0376. The number of hydrogen-bond acceptors (Lipinski definition) is 2. The lowest BCUT2D eigenvalue weighted by atomic mass is 9.67. The van der Waals surface area contributed by atoms with Crippen LogP contribution in [-0.2, 0) is 5.41 Å². The van der Waals surface area contributed by atoms with Gasteiger partial charge >= 0.3 is 0 Å². The van der Waals surface area contributed by atoms with Crippen molar-refractivity contribution in [2.24, 2.45) is 0 Å². The number of aromatic hydroxyl groups is 2. The summed E-state index contributed by atoms with van der Waals surface area (Å²) in [6.45, 7) is 4.18. The summed E-state index contributed by atoms with van der Waals surface area (Å²) in [5.74, 6) is 0.0751. The fourth-order valence-electron chi connectivity index (χ4n) is 4.83. The minimum atomic E-state index is -0.694. The number of halogens is 2. The highest BCUT2D eigenvalue weighted by Crippen LogP contribution is 2.57. The lowest BCUT2D eigenvalue weighted by molar-refractivity contribution is 0.475. The van der Waals surface area contributed by atoms with Crippen LogP contribution >= 0.6 is 23.2 Å². The van der Waals surface area contributed by atoms with Crippen molar-refractivity contribution in [1.29, 1.82) is 0 Å². The first-order valence-electron chi connectivity index (χ1n) is 10.0. The molecule has 0 aromatic heterocycles. The van der Waals surface area contributed by atoms with Crippen molar-refractivity contribution in [2.75, 3.05) is 0 Å². The molecule has 2 N–H and O–H groups in total. The molecule has 0 saturated heterocycles. The van der Waals surface area contributed by atoms with Gasteiger partial charge in [-0.15, -0.1) is 0 Å². The van der Waals surface area contributed by atoms with Crippen LogP contribution in [0.4, 0.5) is 0 Å². The molecule has 0 heterocycles. The van der Waals surface area contributed by atoms with Crippen LogP contribution in [0.25, 0.3) is 11.1 Å². The van der Waals surface area contributed by atoms with Gasteiger partial charge in [0, 0.05) is 0 Å². The van der Waals surface area contributed by atoms with E-state index in [-0.39, 0.29) is 21.5 Å². The number of phenols is 2. The summed E-state index contributed by atoms with van der Waals surface area (Å²) in [6.07, 6.45) is 0. The molecule has 0 unspecified atom stereocenters. The van der Waals surface area contributed by atoms with E-state index in [1.807, 2.05) is 24.3 Å². The van der Waals surface area contributed by atoms with Gasteiger partial charge in [-0.2, -0.15) is 0 Å². The Bertz CT molecular complexity index is 1250. The van der Waals surface area contributed by atoms with Crippen molar-refractivity contribution >= 4 is 23.2 Å². The second-order valence-corrected chi connectivity index (χ2v) is 8.99. The van der Waals surface area contributed by atoms with Crippen LogP contribution in [0.15, 0.2) is 72.8 Å². The molecule has 0 radical (unpaired) electrons. The second kappa shape index (κ2) is 7.05. The molecule has 0 amide bonds. The Labute approximate surface area is 191 Å². The molecule has 4 heteroatoms. The van der Waals surface area contributed by atoms with Gasteiger partial charge in [-0.05, 0) is 71.5 Å². The molecule has 1 aliphatic carbocycles. The standard InChI is InChI=1S/C27H20Cl2O2/c1-15-3-7-21-19(11-15)20-12-16(2)4-8-22(20)27(21,17-5-9-25(30)23(28)13-17)18-6-10-26(31)24(29)14-18/h3-14,30-31H,1-2H3. The monoisotopic (exact) mass is 446 g/mol. The molecule has 0 bridgehead atoms. The lowest BCUT2D eigenvalue weighted by Crippen LogP contribution is -2.28. The number of hydrogen-bond donors (Lipinski definition) is 2. The van der Waals surface area contributed by atoms with Crippen molar-refractivity contribution in [2.45, 2.75) is 19.3 Å². The number of aryl methyl sites for hydroxylation is 2. The highest BCUT2D eigenvalue weighted by atomic mass is 35.5. The zero-order valence-corrected chi connectivity index (χ0v) is 18.6. The highest BCUT2D eigenvalue weighted by Gasteiger charge is 2.46. The van der Waals surface area contributed by atoms with Crippen molar-refractivity contribution in [3.8, 4) is 22.6 Å². The molecule has 2 nitrogen and oxygen atoms in total. The summed E-state index contributed by atoms with van der Waals surface area (Å²) in [4.78, 5) is 0. The zero-order chi connectivity index (χ0) is 21.9. The van der Waals surface area contributed by atoms with Gasteiger partial charge < -0.3 is 10.2 Å². The molecule has 0 aliphatic heterocycles. The summed E-state index contributed by atoms with van der Waals surface area (Å²) in [7, 11) is 0. The molecule has 154 valence electrons. The zero-order valence-electron chi connectivity index (χ0n) is 17.1. The van der Waals surface area contributed by atoms with E-state index >= 15 is 0 Å².